The number of hydrogen-bond acceptors (Lipinski definition) is 3. The van der Waals surface area contributed by atoms with E-state index < -0.39 is 0 Å². The van der Waals surface area contributed by atoms with Crippen molar-refractivity contribution in [3.63, 3.8) is 0 Å². The Morgan fingerprint density at radius 2 is 1.94 bits per heavy atom. The molecule has 0 spiro atoms. The van der Waals surface area contributed by atoms with Crippen molar-refractivity contribution in [1.82, 2.24) is 5.32 Å². The molecule has 0 aliphatic heterocycles. The molecule has 3 heteroatoms. The van der Waals surface area contributed by atoms with E-state index in [1.807, 2.05) is 32.2 Å². The molecule has 96 valence electrons. The Hall–Kier alpha value is -1.22. The lowest BCUT2D eigenvalue weighted by Gasteiger charge is -2.24. The van der Waals surface area contributed by atoms with Gasteiger partial charge in [0.05, 0.1) is 13.7 Å². The van der Waals surface area contributed by atoms with Crippen molar-refractivity contribution in [1.29, 1.82) is 0 Å². The molecule has 0 bridgehead atoms. The second-order valence-electron chi connectivity index (χ2n) is 4.89. The van der Waals surface area contributed by atoms with Crippen LogP contribution in [0.5, 0.6) is 11.5 Å². The number of nitrogens with one attached hydrogen (secondary N) is 1. The fourth-order valence-corrected chi connectivity index (χ4v) is 1.44. The summed E-state index contributed by atoms with van der Waals surface area (Å²) in [6.45, 7) is 7.02. The number of ether oxygens (including phenoxy) is 2. The summed E-state index contributed by atoms with van der Waals surface area (Å²) >= 11 is 0. The van der Waals surface area contributed by atoms with Crippen LogP contribution in [0.3, 0.4) is 0 Å². The zero-order chi connectivity index (χ0) is 12.9. The Morgan fingerprint density at radius 3 is 2.53 bits per heavy atom. The summed E-state index contributed by atoms with van der Waals surface area (Å²) in [7, 11) is 3.63. The third-order valence-corrected chi connectivity index (χ3v) is 2.98. The fourth-order valence-electron chi connectivity index (χ4n) is 1.44. The van der Waals surface area contributed by atoms with Crippen LogP contribution in [0, 0.1) is 6.92 Å². The zero-order valence-corrected chi connectivity index (χ0v) is 11.5. The smallest absolute Gasteiger partial charge is 0.161 e. The maximum Gasteiger partial charge on any atom is 0.161 e. The highest BCUT2D eigenvalue weighted by Gasteiger charge is 2.14. The zero-order valence-electron chi connectivity index (χ0n) is 11.5. The average Bonchev–Trinajstić information content (AvgIpc) is 2.30. The van der Waals surface area contributed by atoms with E-state index in [1.165, 1.54) is 5.56 Å². The highest BCUT2D eigenvalue weighted by atomic mass is 16.5. The van der Waals surface area contributed by atoms with Gasteiger partial charge in [0.1, 0.15) is 0 Å². The van der Waals surface area contributed by atoms with Crippen LogP contribution in [0.1, 0.15) is 25.8 Å². The first-order valence-electron chi connectivity index (χ1n) is 5.95. The first-order chi connectivity index (χ1) is 7.98. The van der Waals surface area contributed by atoms with E-state index in [1.54, 1.807) is 7.11 Å². The highest BCUT2D eigenvalue weighted by molar-refractivity contribution is 5.42. The largest absolute Gasteiger partial charge is 0.493 e. The van der Waals surface area contributed by atoms with Crippen LogP contribution >= 0.6 is 0 Å². The van der Waals surface area contributed by atoms with Gasteiger partial charge in [-0.2, -0.15) is 0 Å². The van der Waals surface area contributed by atoms with Crippen molar-refractivity contribution in [3.8, 4) is 11.5 Å². The summed E-state index contributed by atoms with van der Waals surface area (Å²) < 4.78 is 11.1. The number of aryl methyl sites for hydroxylation is 1. The monoisotopic (exact) mass is 237 g/mol. The summed E-state index contributed by atoms with van der Waals surface area (Å²) in [6, 6.07) is 5.97. The van der Waals surface area contributed by atoms with E-state index in [2.05, 4.69) is 19.2 Å². The molecule has 0 aromatic heterocycles. The standard InChI is InChI=1S/C14H23NO2/c1-11-6-7-12(13(10-11)16-5)17-9-8-14(2,3)15-4/h6-7,10,15H,8-9H2,1-5H3. The highest BCUT2D eigenvalue weighted by Crippen LogP contribution is 2.28. The third-order valence-electron chi connectivity index (χ3n) is 2.98. The number of hydrogen-bond donors (Lipinski definition) is 1. The van der Waals surface area contributed by atoms with E-state index >= 15 is 0 Å². The lowest BCUT2D eigenvalue weighted by Crippen LogP contribution is -2.37. The molecule has 0 aliphatic rings. The minimum Gasteiger partial charge on any atom is -0.493 e. The van der Waals surface area contributed by atoms with Crippen LogP contribution in [-0.4, -0.2) is 26.3 Å². The first kappa shape index (κ1) is 13.8. The predicted octanol–water partition coefficient (Wildman–Crippen LogP) is 2.77. The van der Waals surface area contributed by atoms with Gasteiger partial charge in [0.25, 0.3) is 0 Å². The third kappa shape index (κ3) is 4.27. The Morgan fingerprint density at radius 1 is 1.24 bits per heavy atom. The molecule has 1 rings (SSSR count). The molecule has 0 aliphatic carbocycles. The predicted molar refractivity (Wildman–Crippen MR) is 71.0 cm³/mol. The Balaban J connectivity index is 2.57. The molecule has 0 saturated heterocycles. The summed E-state index contributed by atoms with van der Waals surface area (Å²) in [5, 5.41) is 3.25. The topological polar surface area (TPSA) is 30.5 Å². The minimum atomic E-state index is 0.0952. The van der Waals surface area contributed by atoms with Gasteiger partial charge < -0.3 is 14.8 Å². The van der Waals surface area contributed by atoms with Gasteiger partial charge in [-0.15, -0.1) is 0 Å². The molecule has 17 heavy (non-hydrogen) atoms. The molecular formula is C14H23NO2. The minimum absolute atomic E-state index is 0.0952. The first-order valence-corrected chi connectivity index (χ1v) is 5.95. The summed E-state index contributed by atoms with van der Waals surface area (Å²) in [5.41, 5.74) is 1.27. The van der Waals surface area contributed by atoms with Gasteiger partial charge in [0.2, 0.25) is 0 Å². The lowest BCUT2D eigenvalue weighted by molar-refractivity contribution is 0.246. The Bertz CT molecular complexity index is 361. The van der Waals surface area contributed by atoms with Gasteiger partial charge in [0.15, 0.2) is 11.5 Å². The maximum absolute atomic E-state index is 5.76. The van der Waals surface area contributed by atoms with Crippen molar-refractivity contribution >= 4 is 0 Å². The van der Waals surface area contributed by atoms with Crippen molar-refractivity contribution in [3.05, 3.63) is 23.8 Å². The van der Waals surface area contributed by atoms with Crippen molar-refractivity contribution in [2.75, 3.05) is 20.8 Å². The molecule has 0 fully saturated rings. The van der Waals surface area contributed by atoms with Gasteiger partial charge in [-0.3, -0.25) is 0 Å². The van der Waals surface area contributed by atoms with Crippen molar-refractivity contribution < 1.29 is 9.47 Å². The van der Waals surface area contributed by atoms with Gasteiger partial charge in [-0.1, -0.05) is 6.07 Å². The summed E-state index contributed by atoms with van der Waals surface area (Å²) in [6.07, 6.45) is 0.945. The van der Waals surface area contributed by atoms with Gasteiger partial charge >= 0.3 is 0 Å². The molecule has 0 unspecified atom stereocenters. The van der Waals surface area contributed by atoms with Crippen LogP contribution in [0.2, 0.25) is 0 Å². The van der Waals surface area contributed by atoms with E-state index in [0.29, 0.717) is 6.61 Å². The molecule has 0 heterocycles. The normalized spacial score (nSPS) is 11.4. The van der Waals surface area contributed by atoms with Crippen LogP contribution in [-0.2, 0) is 0 Å². The Kier molecular flexibility index (Phi) is 4.82. The molecular weight excluding hydrogens is 214 g/mol. The quantitative estimate of drug-likeness (QED) is 0.825. The van der Waals surface area contributed by atoms with Gasteiger partial charge in [-0.05, 0) is 51.9 Å². The molecule has 1 aromatic rings. The number of benzene rings is 1. The van der Waals surface area contributed by atoms with E-state index in [9.17, 15) is 0 Å². The molecule has 1 aromatic carbocycles. The van der Waals surface area contributed by atoms with Gasteiger partial charge in [0, 0.05) is 5.54 Å². The molecule has 0 amide bonds. The average molecular weight is 237 g/mol. The molecule has 0 atom stereocenters. The van der Waals surface area contributed by atoms with Crippen LogP contribution in [0.15, 0.2) is 18.2 Å². The van der Waals surface area contributed by atoms with Crippen molar-refractivity contribution in [2.45, 2.75) is 32.7 Å². The number of methoxy groups -OCH3 is 1. The molecule has 3 nitrogen and oxygen atoms in total. The summed E-state index contributed by atoms with van der Waals surface area (Å²) in [5.74, 6) is 1.61. The van der Waals surface area contributed by atoms with E-state index in [0.717, 1.165) is 17.9 Å². The molecule has 0 saturated carbocycles. The summed E-state index contributed by atoms with van der Waals surface area (Å²) in [4.78, 5) is 0. The van der Waals surface area contributed by atoms with E-state index in [4.69, 9.17) is 9.47 Å². The van der Waals surface area contributed by atoms with Crippen LogP contribution < -0.4 is 14.8 Å². The van der Waals surface area contributed by atoms with Crippen LogP contribution in [0.25, 0.3) is 0 Å². The molecule has 0 radical (unpaired) electrons. The Labute approximate surface area is 104 Å². The second kappa shape index (κ2) is 5.92. The van der Waals surface area contributed by atoms with Crippen LogP contribution in [0.4, 0.5) is 0 Å². The second-order valence-corrected chi connectivity index (χ2v) is 4.89. The van der Waals surface area contributed by atoms with Gasteiger partial charge in [-0.25, -0.2) is 0 Å². The molecule has 1 N–H and O–H groups in total. The maximum atomic E-state index is 5.76. The van der Waals surface area contributed by atoms with E-state index in [-0.39, 0.29) is 5.54 Å². The lowest BCUT2D eigenvalue weighted by atomic mass is 10.0. The fraction of sp³-hybridized carbons (Fsp3) is 0.571. The van der Waals surface area contributed by atoms with Crippen molar-refractivity contribution in [2.24, 2.45) is 0 Å². The number of rotatable bonds is 6. The SMILES string of the molecule is CNC(C)(C)CCOc1ccc(C)cc1OC.